The first-order valence-electron chi connectivity index (χ1n) is 9.33. The van der Waals surface area contributed by atoms with Crippen molar-refractivity contribution in [2.75, 3.05) is 13.1 Å². The van der Waals surface area contributed by atoms with E-state index in [0.717, 1.165) is 25.7 Å². The number of nitrogens with one attached hydrogen (secondary N) is 1. The minimum Gasteiger partial charge on any atom is -0.364 e. The van der Waals surface area contributed by atoms with E-state index in [9.17, 15) is 4.79 Å². The van der Waals surface area contributed by atoms with Crippen LogP contribution in [0.5, 0.6) is 0 Å². The van der Waals surface area contributed by atoms with E-state index in [1.54, 1.807) is 0 Å². The van der Waals surface area contributed by atoms with E-state index in [-0.39, 0.29) is 23.5 Å². The molecule has 0 aromatic heterocycles. The highest BCUT2D eigenvalue weighted by molar-refractivity contribution is 5.81. The van der Waals surface area contributed by atoms with Gasteiger partial charge in [0.25, 0.3) is 0 Å². The van der Waals surface area contributed by atoms with Crippen LogP contribution in [-0.2, 0) is 14.9 Å². The molecule has 1 amide bonds. The highest BCUT2D eigenvalue weighted by atomic mass is 16.5. The lowest BCUT2D eigenvalue weighted by Crippen LogP contribution is -2.45. The summed E-state index contributed by atoms with van der Waals surface area (Å²) in [5.41, 5.74) is 8.37. The summed E-state index contributed by atoms with van der Waals surface area (Å²) in [5, 5.41) is 3.19. The molecule has 1 aromatic rings. The van der Waals surface area contributed by atoms with Gasteiger partial charge in [-0.25, -0.2) is 0 Å². The van der Waals surface area contributed by atoms with Crippen LogP contribution in [0.2, 0.25) is 0 Å². The van der Waals surface area contributed by atoms with Crippen molar-refractivity contribution in [1.82, 2.24) is 5.32 Å². The van der Waals surface area contributed by atoms with E-state index in [1.165, 1.54) is 30.4 Å². The van der Waals surface area contributed by atoms with Gasteiger partial charge in [0.2, 0.25) is 5.91 Å². The molecule has 4 heteroatoms. The second-order valence-electron chi connectivity index (χ2n) is 7.49. The Bertz CT molecular complexity index is 567. The number of carbonyl (C=O) groups excluding carboxylic acids is 1. The van der Waals surface area contributed by atoms with Crippen molar-refractivity contribution >= 4 is 5.91 Å². The number of amides is 1. The number of nitrogens with two attached hydrogens (primary N) is 1. The van der Waals surface area contributed by atoms with Gasteiger partial charge in [-0.2, -0.15) is 0 Å². The Hall–Kier alpha value is -1.39. The average molecular weight is 330 g/mol. The largest absolute Gasteiger partial charge is 0.364 e. The first-order valence-corrected chi connectivity index (χ1v) is 9.33. The van der Waals surface area contributed by atoms with E-state index < -0.39 is 0 Å². The van der Waals surface area contributed by atoms with Crippen LogP contribution in [0.3, 0.4) is 0 Å². The van der Waals surface area contributed by atoms with Crippen LogP contribution in [0.25, 0.3) is 0 Å². The van der Waals surface area contributed by atoms with Crippen molar-refractivity contribution in [3.05, 3.63) is 35.4 Å². The molecule has 0 spiro atoms. The van der Waals surface area contributed by atoms with Crippen molar-refractivity contribution in [2.45, 2.75) is 69.5 Å². The number of ether oxygens (including phenoxy) is 1. The lowest BCUT2D eigenvalue weighted by Gasteiger charge is -2.38. The first-order chi connectivity index (χ1) is 11.6. The summed E-state index contributed by atoms with van der Waals surface area (Å²) in [5.74, 6) is 0.0311. The number of hydrogen-bond donors (Lipinski definition) is 2. The molecule has 2 aliphatic rings. The molecule has 0 bridgehead atoms. The van der Waals surface area contributed by atoms with Crippen molar-refractivity contribution in [3.63, 3.8) is 0 Å². The maximum Gasteiger partial charge on any atom is 0.249 e. The van der Waals surface area contributed by atoms with E-state index in [2.05, 4.69) is 36.5 Å². The molecule has 3 N–H and O–H groups in total. The van der Waals surface area contributed by atoms with Gasteiger partial charge < -0.3 is 15.8 Å². The fraction of sp³-hybridized carbons (Fsp3) is 0.650. The summed E-state index contributed by atoms with van der Waals surface area (Å²) in [6.07, 6.45) is 7.45. The van der Waals surface area contributed by atoms with Gasteiger partial charge >= 0.3 is 0 Å². The number of hydrogen-bond acceptors (Lipinski definition) is 3. The number of rotatable bonds is 5. The van der Waals surface area contributed by atoms with Crippen LogP contribution >= 0.6 is 0 Å². The Kier molecular flexibility index (Phi) is 5.57. The zero-order valence-electron chi connectivity index (χ0n) is 14.7. The molecule has 132 valence electrons. The van der Waals surface area contributed by atoms with Crippen LogP contribution in [0, 0.1) is 6.92 Å². The van der Waals surface area contributed by atoms with Gasteiger partial charge in [0.05, 0.1) is 6.10 Å². The van der Waals surface area contributed by atoms with E-state index in [0.29, 0.717) is 13.1 Å². The molecular formula is C20H30N2O2. The summed E-state index contributed by atoms with van der Waals surface area (Å²) >= 11 is 0. The minimum atomic E-state index is -0.322. The van der Waals surface area contributed by atoms with Crippen LogP contribution in [-0.4, -0.2) is 31.2 Å². The van der Waals surface area contributed by atoms with Gasteiger partial charge in [0.15, 0.2) is 0 Å². The monoisotopic (exact) mass is 330 g/mol. The summed E-state index contributed by atoms with van der Waals surface area (Å²) in [6.45, 7) is 3.34. The van der Waals surface area contributed by atoms with Crippen molar-refractivity contribution in [2.24, 2.45) is 5.73 Å². The molecule has 1 aliphatic heterocycles. The summed E-state index contributed by atoms with van der Waals surface area (Å²) in [7, 11) is 0. The Morgan fingerprint density at radius 1 is 1.29 bits per heavy atom. The fourth-order valence-corrected chi connectivity index (χ4v) is 4.21. The Balaban J connectivity index is 1.68. The molecule has 0 unspecified atom stereocenters. The normalized spacial score (nSPS) is 26.2. The highest BCUT2D eigenvalue weighted by Gasteiger charge is 2.36. The van der Waals surface area contributed by atoms with Gasteiger partial charge in [-0.15, -0.1) is 0 Å². The van der Waals surface area contributed by atoms with Crippen LogP contribution < -0.4 is 11.1 Å². The molecule has 3 rings (SSSR count). The van der Waals surface area contributed by atoms with E-state index in [1.807, 2.05) is 0 Å². The maximum atomic E-state index is 12.5. The number of carbonyl (C=O) groups is 1. The molecule has 0 radical (unpaired) electrons. The predicted molar refractivity (Wildman–Crippen MR) is 95.9 cm³/mol. The molecule has 4 nitrogen and oxygen atoms in total. The Morgan fingerprint density at radius 3 is 2.75 bits per heavy atom. The summed E-state index contributed by atoms with van der Waals surface area (Å²) in [6, 6.07) is 8.78. The summed E-state index contributed by atoms with van der Waals surface area (Å²) < 4.78 is 5.73. The smallest absolute Gasteiger partial charge is 0.249 e. The molecule has 24 heavy (non-hydrogen) atoms. The SMILES string of the molecule is Cc1cccc(C2(CNC(=O)[C@@H]3CC[C@H](CN)O3)CCCCC2)c1. The Labute approximate surface area is 145 Å². The van der Waals surface area contributed by atoms with Crippen molar-refractivity contribution < 1.29 is 9.53 Å². The minimum absolute atomic E-state index is 0.0311. The molecule has 2 fully saturated rings. The predicted octanol–water partition coefficient (Wildman–Crippen LogP) is 2.82. The first kappa shape index (κ1) is 17.4. The molecule has 1 saturated carbocycles. The molecule has 1 saturated heterocycles. The van der Waals surface area contributed by atoms with Gasteiger partial charge in [-0.05, 0) is 38.2 Å². The van der Waals surface area contributed by atoms with Gasteiger partial charge in [-0.3, -0.25) is 4.79 Å². The molecule has 2 atom stereocenters. The topological polar surface area (TPSA) is 64.4 Å². The van der Waals surface area contributed by atoms with Crippen molar-refractivity contribution in [3.8, 4) is 0 Å². The van der Waals surface area contributed by atoms with Crippen LogP contribution in [0.4, 0.5) is 0 Å². The molecule has 1 heterocycles. The van der Waals surface area contributed by atoms with Gasteiger partial charge in [0, 0.05) is 18.5 Å². The lowest BCUT2D eigenvalue weighted by atomic mass is 9.69. The number of aryl methyl sites for hydroxylation is 1. The summed E-state index contributed by atoms with van der Waals surface area (Å²) in [4.78, 5) is 12.5. The van der Waals surface area contributed by atoms with E-state index in [4.69, 9.17) is 10.5 Å². The zero-order valence-corrected chi connectivity index (χ0v) is 14.7. The third kappa shape index (κ3) is 3.81. The third-order valence-electron chi connectivity index (χ3n) is 5.70. The van der Waals surface area contributed by atoms with Crippen molar-refractivity contribution in [1.29, 1.82) is 0 Å². The molecule has 1 aliphatic carbocycles. The molecule has 1 aromatic carbocycles. The quantitative estimate of drug-likeness (QED) is 0.872. The lowest BCUT2D eigenvalue weighted by molar-refractivity contribution is -0.132. The third-order valence-corrected chi connectivity index (χ3v) is 5.70. The second-order valence-corrected chi connectivity index (χ2v) is 7.49. The van der Waals surface area contributed by atoms with Crippen LogP contribution in [0.15, 0.2) is 24.3 Å². The number of benzene rings is 1. The van der Waals surface area contributed by atoms with Gasteiger partial charge in [-0.1, -0.05) is 49.1 Å². The van der Waals surface area contributed by atoms with Gasteiger partial charge in [0.1, 0.15) is 6.10 Å². The standard InChI is InChI=1S/C20H30N2O2/c1-15-6-5-7-16(12-15)20(10-3-2-4-11-20)14-22-19(23)18-9-8-17(13-21)24-18/h5-7,12,17-18H,2-4,8-11,13-14,21H2,1H3,(H,22,23)/t17-,18+/m1/s1. The average Bonchev–Trinajstić information content (AvgIpc) is 3.10. The van der Waals surface area contributed by atoms with E-state index >= 15 is 0 Å². The Morgan fingerprint density at radius 2 is 2.08 bits per heavy atom. The zero-order chi connectivity index (χ0) is 17.0. The maximum absolute atomic E-state index is 12.5. The van der Waals surface area contributed by atoms with Crippen LogP contribution in [0.1, 0.15) is 56.1 Å². The second kappa shape index (κ2) is 7.66. The highest BCUT2D eigenvalue weighted by Crippen LogP contribution is 2.39. The molecular weight excluding hydrogens is 300 g/mol. The fourth-order valence-electron chi connectivity index (χ4n) is 4.21.